The maximum absolute atomic E-state index is 11.6. The third-order valence-corrected chi connectivity index (χ3v) is 4.09. The van der Waals surface area contributed by atoms with Gasteiger partial charge in [-0.15, -0.1) is 11.3 Å². The Morgan fingerprint density at radius 2 is 2.18 bits per heavy atom. The van der Waals surface area contributed by atoms with Crippen LogP contribution in [0.5, 0.6) is 0 Å². The number of carboxylic acids is 1. The molecule has 0 spiro atoms. The minimum atomic E-state index is -3.70. The van der Waals surface area contributed by atoms with Crippen LogP contribution in [0.15, 0.2) is 5.38 Å². The first-order chi connectivity index (χ1) is 7.87. The van der Waals surface area contributed by atoms with Crippen molar-refractivity contribution in [1.82, 2.24) is 4.72 Å². The highest BCUT2D eigenvalue weighted by Crippen LogP contribution is 2.28. The van der Waals surface area contributed by atoms with E-state index in [1.807, 2.05) is 6.92 Å². The first-order valence-corrected chi connectivity index (χ1v) is 7.32. The molecule has 0 unspecified atom stereocenters. The third kappa shape index (κ3) is 3.69. The van der Waals surface area contributed by atoms with Gasteiger partial charge in [0.1, 0.15) is 4.88 Å². The molecule has 96 valence electrons. The van der Waals surface area contributed by atoms with Crippen molar-refractivity contribution in [2.24, 2.45) is 0 Å². The second kappa shape index (κ2) is 5.48. The van der Waals surface area contributed by atoms with Crippen LogP contribution in [0, 0.1) is 6.92 Å². The van der Waals surface area contributed by atoms with Gasteiger partial charge in [0.15, 0.2) is 0 Å². The average molecular weight is 278 g/mol. The highest BCUT2D eigenvalue weighted by molar-refractivity contribution is 7.90. The Kier molecular flexibility index (Phi) is 4.49. The SMILES string of the molecule is CCCNS(=O)(=O)Nc1c(C)csc1C(=O)O. The van der Waals surface area contributed by atoms with Crippen molar-refractivity contribution in [2.45, 2.75) is 20.3 Å². The monoisotopic (exact) mass is 278 g/mol. The van der Waals surface area contributed by atoms with Crippen LogP contribution in [0.4, 0.5) is 5.69 Å². The normalized spacial score (nSPS) is 11.4. The molecule has 0 aliphatic carbocycles. The fourth-order valence-corrected chi connectivity index (χ4v) is 3.12. The molecule has 0 aliphatic rings. The van der Waals surface area contributed by atoms with Crippen molar-refractivity contribution >= 4 is 33.2 Å². The van der Waals surface area contributed by atoms with Gasteiger partial charge in [-0.25, -0.2) is 4.79 Å². The minimum Gasteiger partial charge on any atom is -0.477 e. The van der Waals surface area contributed by atoms with E-state index in [1.165, 1.54) is 0 Å². The second-order valence-electron chi connectivity index (χ2n) is 3.43. The number of carboxylic acid groups (broad SMARTS) is 1. The van der Waals surface area contributed by atoms with Crippen molar-refractivity contribution in [3.8, 4) is 0 Å². The Balaban J connectivity index is 2.95. The predicted molar refractivity (Wildman–Crippen MR) is 66.9 cm³/mol. The standard InChI is InChI=1S/C9H14N2O4S2/c1-3-4-10-17(14,15)11-7-6(2)5-16-8(7)9(12)13/h5,10-11H,3-4H2,1-2H3,(H,12,13). The summed E-state index contributed by atoms with van der Waals surface area (Å²) in [4.78, 5) is 10.9. The summed E-state index contributed by atoms with van der Waals surface area (Å²) in [6, 6.07) is 0. The van der Waals surface area contributed by atoms with Crippen LogP contribution < -0.4 is 9.44 Å². The summed E-state index contributed by atoms with van der Waals surface area (Å²) in [7, 11) is -3.70. The number of thiophene rings is 1. The van der Waals surface area contributed by atoms with Crippen molar-refractivity contribution in [1.29, 1.82) is 0 Å². The van der Waals surface area contributed by atoms with Crippen molar-refractivity contribution in [2.75, 3.05) is 11.3 Å². The maximum atomic E-state index is 11.6. The van der Waals surface area contributed by atoms with Crippen LogP contribution >= 0.6 is 11.3 Å². The molecular weight excluding hydrogens is 264 g/mol. The van der Waals surface area contributed by atoms with E-state index in [-0.39, 0.29) is 10.6 Å². The molecule has 3 N–H and O–H groups in total. The van der Waals surface area contributed by atoms with Gasteiger partial charge in [0.05, 0.1) is 5.69 Å². The Morgan fingerprint density at radius 3 is 2.71 bits per heavy atom. The Bertz CT molecular complexity index is 507. The molecule has 0 saturated heterocycles. The summed E-state index contributed by atoms with van der Waals surface area (Å²) in [6.07, 6.45) is 0.662. The summed E-state index contributed by atoms with van der Waals surface area (Å²) < 4.78 is 27.7. The average Bonchev–Trinajstić information content (AvgIpc) is 2.57. The molecule has 0 aromatic carbocycles. The van der Waals surface area contributed by atoms with Gasteiger partial charge < -0.3 is 5.11 Å². The van der Waals surface area contributed by atoms with Crippen LogP contribution in [-0.4, -0.2) is 26.0 Å². The minimum absolute atomic E-state index is 0.00984. The number of anilines is 1. The fraction of sp³-hybridized carbons (Fsp3) is 0.444. The van der Waals surface area contributed by atoms with Gasteiger partial charge in [-0.05, 0) is 24.3 Å². The van der Waals surface area contributed by atoms with E-state index in [9.17, 15) is 13.2 Å². The number of nitrogens with one attached hydrogen (secondary N) is 2. The number of hydrogen-bond acceptors (Lipinski definition) is 4. The number of aryl methyl sites for hydroxylation is 1. The number of hydrogen-bond donors (Lipinski definition) is 3. The third-order valence-electron chi connectivity index (χ3n) is 1.95. The summed E-state index contributed by atoms with van der Waals surface area (Å²) in [6.45, 7) is 3.79. The molecule has 0 saturated carbocycles. The summed E-state index contributed by atoms with van der Waals surface area (Å²) >= 11 is 0.995. The van der Waals surface area contributed by atoms with Gasteiger partial charge in [0.25, 0.3) is 10.2 Å². The van der Waals surface area contributed by atoms with Gasteiger partial charge in [-0.1, -0.05) is 6.92 Å². The number of rotatable bonds is 6. The maximum Gasteiger partial charge on any atom is 0.348 e. The number of carbonyl (C=O) groups is 1. The Labute approximate surface area is 104 Å². The molecule has 17 heavy (non-hydrogen) atoms. The summed E-state index contributed by atoms with van der Waals surface area (Å²) in [5.74, 6) is -1.14. The smallest absolute Gasteiger partial charge is 0.348 e. The van der Waals surface area contributed by atoms with Crippen molar-refractivity contribution in [3.63, 3.8) is 0 Å². The molecular formula is C9H14N2O4S2. The quantitative estimate of drug-likeness (QED) is 0.733. The lowest BCUT2D eigenvalue weighted by Gasteiger charge is -2.09. The molecule has 0 bridgehead atoms. The van der Waals surface area contributed by atoms with Crippen LogP contribution in [0.1, 0.15) is 28.6 Å². The topological polar surface area (TPSA) is 95.5 Å². The van der Waals surface area contributed by atoms with Crippen LogP contribution in [0.3, 0.4) is 0 Å². The lowest BCUT2D eigenvalue weighted by atomic mass is 10.3. The molecule has 1 aromatic rings. The van der Waals surface area contributed by atoms with E-state index in [0.29, 0.717) is 18.5 Å². The Hall–Kier alpha value is -1.12. The Morgan fingerprint density at radius 1 is 1.53 bits per heavy atom. The lowest BCUT2D eigenvalue weighted by Crippen LogP contribution is -2.31. The van der Waals surface area contributed by atoms with Crippen molar-refractivity contribution < 1.29 is 18.3 Å². The molecule has 1 rings (SSSR count). The first kappa shape index (κ1) is 13.9. The summed E-state index contributed by atoms with van der Waals surface area (Å²) in [5.41, 5.74) is 0.723. The lowest BCUT2D eigenvalue weighted by molar-refractivity contribution is 0.0703. The zero-order valence-corrected chi connectivity index (χ0v) is 11.1. The predicted octanol–water partition coefficient (Wildman–Crippen LogP) is 1.41. The number of aromatic carboxylic acids is 1. The van der Waals surface area contributed by atoms with Crippen LogP contribution in [0.25, 0.3) is 0 Å². The van der Waals surface area contributed by atoms with Gasteiger partial charge in [0.2, 0.25) is 0 Å². The van der Waals surface area contributed by atoms with Gasteiger partial charge >= 0.3 is 5.97 Å². The van der Waals surface area contributed by atoms with Crippen molar-refractivity contribution in [3.05, 3.63) is 15.8 Å². The molecule has 0 fully saturated rings. The van der Waals surface area contributed by atoms with Crippen LogP contribution in [0.2, 0.25) is 0 Å². The fourth-order valence-electron chi connectivity index (χ4n) is 1.14. The zero-order valence-electron chi connectivity index (χ0n) is 9.48. The van der Waals surface area contributed by atoms with E-state index >= 15 is 0 Å². The molecule has 0 radical (unpaired) electrons. The molecule has 0 amide bonds. The van der Waals surface area contributed by atoms with Gasteiger partial charge in [-0.3, -0.25) is 4.72 Å². The van der Waals surface area contributed by atoms with Gasteiger partial charge in [-0.2, -0.15) is 13.1 Å². The molecule has 8 heteroatoms. The summed E-state index contributed by atoms with van der Waals surface area (Å²) in [5, 5.41) is 10.5. The first-order valence-electron chi connectivity index (χ1n) is 4.96. The van der Waals surface area contributed by atoms with E-state index in [0.717, 1.165) is 11.3 Å². The zero-order chi connectivity index (χ0) is 13.1. The highest BCUT2D eigenvalue weighted by atomic mass is 32.2. The highest BCUT2D eigenvalue weighted by Gasteiger charge is 2.19. The molecule has 1 aromatic heterocycles. The van der Waals surface area contributed by atoms with E-state index in [2.05, 4.69) is 9.44 Å². The molecule has 1 heterocycles. The second-order valence-corrected chi connectivity index (χ2v) is 5.81. The molecule has 6 nitrogen and oxygen atoms in total. The van der Waals surface area contributed by atoms with Gasteiger partial charge in [0, 0.05) is 6.54 Å². The largest absolute Gasteiger partial charge is 0.477 e. The molecule has 0 atom stereocenters. The van der Waals surface area contributed by atoms with E-state index in [4.69, 9.17) is 5.11 Å². The van der Waals surface area contributed by atoms with Crippen LogP contribution in [-0.2, 0) is 10.2 Å². The van der Waals surface area contributed by atoms with E-state index < -0.39 is 16.2 Å². The van der Waals surface area contributed by atoms with E-state index in [1.54, 1.807) is 12.3 Å². The molecule has 0 aliphatic heterocycles.